The molecule has 0 aromatic carbocycles. The van der Waals surface area contributed by atoms with E-state index in [1.54, 1.807) is 0 Å². The van der Waals surface area contributed by atoms with Crippen LogP contribution in [0.4, 0.5) is 0 Å². The summed E-state index contributed by atoms with van der Waals surface area (Å²) in [6.07, 6.45) is 5.16. The molecule has 0 radical (unpaired) electrons. The van der Waals surface area contributed by atoms with E-state index in [1.165, 1.54) is 5.57 Å². The standard InChI is InChI=1S/C12H23NO2/c1-3-12(4-2,10-14)13-8-11-6-5-7-15-9-11/h6,13-14H,3-5,7-10H2,1-2H3. The fourth-order valence-corrected chi connectivity index (χ4v) is 1.81. The summed E-state index contributed by atoms with van der Waals surface area (Å²) in [5.41, 5.74) is 1.19. The second kappa shape index (κ2) is 6.26. The summed E-state index contributed by atoms with van der Waals surface area (Å²) < 4.78 is 5.38. The predicted octanol–water partition coefficient (Wildman–Crippen LogP) is 1.47. The zero-order valence-corrected chi connectivity index (χ0v) is 9.88. The lowest BCUT2D eigenvalue weighted by Crippen LogP contribution is -2.48. The number of nitrogens with one attached hydrogen (secondary N) is 1. The minimum absolute atomic E-state index is 0.113. The number of hydrogen-bond acceptors (Lipinski definition) is 3. The van der Waals surface area contributed by atoms with Crippen molar-refractivity contribution in [3.63, 3.8) is 0 Å². The molecule has 1 heterocycles. The summed E-state index contributed by atoms with van der Waals surface area (Å²) in [7, 11) is 0. The molecule has 0 aliphatic carbocycles. The number of rotatable bonds is 6. The molecule has 3 nitrogen and oxygen atoms in total. The predicted molar refractivity (Wildman–Crippen MR) is 61.9 cm³/mol. The van der Waals surface area contributed by atoms with E-state index in [1.807, 2.05) is 0 Å². The van der Waals surface area contributed by atoms with Crippen molar-refractivity contribution in [2.75, 3.05) is 26.4 Å². The number of aliphatic hydroxyl groups excluding tert-OH is 1. The minimum Gasteiger partial charge on any atom is -0.394 e. The topological polar surface area (TPSA) is 41.5 Å². The Balaban J connectivity index is 2.42. The van der Waals surface area contributed by atoms with Crippen LogP contribution >= 0.6 is 0 Å². The largest absolute Gasteiger partial charge is 0.394 e. The first-order valence-corrected chi connectivity index (χ1v) is 5.88. The molecule has 0 saturated carbocycles. The van der Waals surface area contributed by atoms with E-state index in [4.69, 9.17) is 4.74 Å². The van der Waals surface area contributed by atoms with Crippen LogP contribution in [0.2, 0.25) is 0 Å². The highest BCUT2D eigenvalue weighted by Gasteiger charge is 2.24. The van der Waals surface area contributed by atoms with E-state index in [0.717, 1.165) is 39.0 Å². The van der Waals surface area contributed by atoms with Gasteiger partial charge in [-0.15, -0.1) is 0 Å². The Morgan fingerprint density at radius 2 is 2.20 bits per heavy atom. The average Bonchev–Trinajstić information content (AvgIpc) is 2.33. The molecule has 15 heavy (non-hydrogen) atoms. The number of ether oxygens (including phenoxy) is 1. The van der Waals surface area contributed by atoms with E-state index in [0.29, 0.717) is 0 Å². The molecule has 88 valence electrons. The summed E-state index contributed by atoms with van der Waals surface area (Å²) in [5, 5.41) is 12.8. The Kier molecular flexibility index (Phi) is 5.29. The second-order valence-corrected chi connectivity index (χ2v) is 4.20. The quantitative estimate of drug-likeness (QED) is 0.657. The van der Waals surface area contributed by atoms with Crippen molar-refractivity contribution < 1.29 is 9.84 Å². The zero-order valence-electron chi connectivity index (χ0n) is 9.88. The first kappa shape index (κ1) is 12.7. The maximum absolute atomic E-state index is 9.39. The molecule has 1 aliphatic heterocycles. The van der Waals surface area contributed by atoms with Gasteiger partial charge in [0.25, 0.3) is 0 Å². The highest BCUT2D eigenvalue weighted by Crippen LogP contribution is 2.15. The van der Waals surface area contributed by atoms with Crippen molar-refractivity contribution in [3.05, 3.63) is 11.6 Å². The molecule has 0 fully saturated rings. The second-order valence-electron chi connectivity index (χ2n) is 4.20. The molecule has 0 aromatic heterocycles. The van der Waals surface area contributed by atoms with Crippen molar-refractivity contribution >= 4 is 0 Å². The molecule has 2 N–H and O–H groups in total. The fraction of sp³-hybridized carbons (Fsp3) is 0.833. The third-order valence-electron chi connectivity index (χ3n) is 3.33. The number of hydrogen-bond donors (Lipinski definition) is 2. The SMILES string of the molecule is CCC(CC)(CO)NCC1=CCCOC1. The summed E-state index contributed by atoms with van der Waals surface area (Å²) in [5.74, 6) is 0. The van der Waals surface area contributed by atoms with Crippen LogP contribution < -0.4 is 5.32 Å². The van der Waals surface area contributed by atoms with Crippen LogP contribution in [0.1, 0.15) is 33.1 Å². The lowest BCUT2D eigenvalue weighted by molar-refractivity contribution is 0.136. The maximum atomic E-state index is 9.39. The van der Waals surface area contributed by atoms with E-state index in [9.17, 15) is 5.11 Å². The first-order chi connectivity index (χ1) is 7.26. The van der Waals surface area contributed by atoms with Gasteiger partial charge in [-0.25, -0.2) is 0 Å². The van der Waals surface area contributed by atoms with Crippen molar-refractivity contribution in [2.24, 2.45) is 0 Å². The Morgan fingerprint density at radius 1 is 1.47 bits per heavy atom. The van der Waals surface area contributed by atoms with Gasteiger partial charge in [-0.05, 0) is 24.8 Å². The molecule has 0 amide bonds. The average molecular weight is 213 g/mol. The monoisotopic (exact) mass is 213 g/mol. The summed E-state index contributed by atoms with van der Waals surface area (Å²) in [6.45, 7) is 6.84. The van der Waals surface area contributed by atoms with E-state index >= 15 is 0 Å². The van der Waals surface area contributed by atoms with Crippen LogP contribution in [0.5, 0.6) is 0 Å². The molecular weight excluding hydrogens is 190 g/mol. The molecule has 3 heteroatoms. The van der Waals surface area contributed by atoms with Crippen LogP contribution in [0.25, 0.3) is 0 Å². The lowest BCUT2D eigenvalue weighted by atomic mass is 9.93. The fourth-order valence-electron chi connectivity index (χ4n) is 1.81. The summed E-state index contributed by atoms with van der Waals surface area (Å²) in [4.78, 5) is 0. The molecule has 0 spiro atoms. The van der Waals surface area contributed by atoms with Gasteiger partial charge in [-0.3, -0.25) is 0 Å². The molecule has 0 aromatic rings. The van der Waals surface area contributed by atoms with Crippen LogP contribution in [0.15, 0.2) is 11.6 Å². The third-order valence-corrected chi connectivity index (χ3v) is 3.33. The Hall–Kier alpha value is -0.380. The van der Waals surface area contributed by atoms with Gasteiger partial charge in [0.2, 0.25) is 0 Å². The Morgan fingerprint density at radius 3 is 2.67 bits per heavy atom. The van der Waals surface area contributed by atoms with Gasteiger partial charge < -0.3 is 15.2 Å². The van der Waals surface area contributed by atoms with Gasteiger partial charge >= 0.3 is 0 Å². The van der Waals surface area contributed by atoms with Gasteiger partial charge in [0, 0.05) is 12.1 Å². The van der Waals surface area contributed by atoms with E-state index in [-0.39, 0.29) is 12.1 Å². The van der Waals surface area contributed by atoms with Gasteiger partial charge in [0.1, 0.15) is 0 Å². The molecular formula is C12H23NO2. The van der Waals surface area contributed by atoms with Crippen molar-refractivity contribution in [1.82, 2.24) is 5.32 Å². The van der Waals surface area contributed by atoms with Crippen molar-refractivity contribution in [3.8, 4) is 0 Å². The van der Waals surface area contributed by atoms with Gasteiger partial charge in [0.15, 0.2) is 0 Å². The van der Waals surface area contributed by atoms with Crippen molar-refractivity contribution in [1.29, 1.82) is 0 Å². The maximum Gasteiger partial charge on any atom is 0.0689 e. The Bertz CT molecular complexity index is 201. The smallest absolute Gasteiger partial charge is 0.0689 e. The van der Waals surface area contributed by atoms with Gasteiger partial charge in [-0.2, -0.15) is 0 Å². The molecule has 1 aliphatic rings. The Labute approximate surface area is 92.5 Å². The summed E-state index contributed by atoms with van der Waals surface area (Å²) in [6, 6.07) is 0. The lowest BCUT2D eigenvalue weighted by Gasteiger charge is -2.31. The minimum atomic E-state index is -0.113. The van der Waals surface area contributed by atoms with E-state index in [2.05, 4.69) is 25.2 Å². The normalized spacial score (nSPS) is 17.7. The number of aliphatic hydroxyl groups is 1. The van der Waals surface area contributed by atoms with Crippen molar-refractivity contribution in [2.45, 2.75) is 38.6 Å². The van der Waals surface area contributed by atoms with Crippen LogP contribution in [0, 0.1) is 0 Å². The molecule has 1 rings (SSSR count). The summed E-state index contributed by atoms with van der Waals surface area (Å²) >= 11 is 0. The van der Waals surface area contributed by atoms with Crippen LogP contribution in [-0.4, -0.2) is 37.0 Å². The molecule has 0 unspecified atom stereocenters. The van der Waals surface area contributed by atoms with E-state index < -0.39 is 0 Å². The van der Waals surface area contributed by atoms with Crippen LogP contribution in [-0.2, 0) is 4.74 Å². The van der Waals surface area contributed by atoms with Gasteiger partial charge in [0.05, 0.1) is 19.8 Å². The zero-order chi connectivity index (χ0) is 11.1. The molecule has 0 bridgehead atoms. The molecule has 0 saturated heterocycles. The third kappa shape index (κ3) is 3.59. The molecule has 0 atom stereocenters. The highest BCUT2D eigenvalue weighted by molar-refractivity contribution is 5.08. The van der Waals surface area contributed by atoms with Gasteiger partial charge in [-0.1, -0.05) is 19.9 Å². The van der Waals surface area contributed by atoms with Crippen LogP contribution in [0.3, 0.4) is 0 Å². The first-order valence-electron chi connectivity index (χ1n) is 5.88. The highest BCUT2D eigenvalue weighted by atomic mass is 16.5.